The van der Waals surface area contributed by atoms with Crippen LogP contribution in [0.2, 0.25) is 18.1 Å². The van der Waals surface area contributed by atoms with E-state index in [2.05, 4.69) is 10.0 Å². The average molecular weight is 516 g/mol. The molecule has 0 aliphatic heterocycles. The quantitative estimate of drug-likeness (QED) is 0.117. The third-order valence-corrected chi connectivity index (χ3v) is 10.5. The topological polar surface area (TPSA) is 163 Å². The van der Waals surface area contributed by atoms with E-state index in [9.17, 15) is 24.7 Å². The molecular weight excluding hydrogens is 478 g/mol. The lowest BCUT2D eigenvalue weighted by molar-refractivity contribution is -0.222. The summed E-state index contributed by atoms with van der Waals surface area (Å²) in [5.74, 6) is -3.15. The zero-order valence-corrected chi connectivity index (χ0v) is 23.1. The van der Waals surface area contributed by atoms with Gasteiger partial charge in [-0.15, -0.1) is 0 Å². The van der Waals surface area contributed by atoms with Crippen LogP contribution in [0.5, 0.6) is 0 Å². The second kappa shape index (κ2) is 11.4. The van der Waals surface area contributed by atoms with Crippen LogP contribution in [0, 0.1) is 0 Å². The van der Waals surface area contributed by atoms with Crippen LogP contribution in [0.25, 0.3) is 10.4 Å². The van der Waals surface area contributed by atoms with E-state index in [4.69, 9.17) is 23.4 Å². The van der Waals surface area contributed by atoms with Gasteiger partial charge in [0.15, 0.2) is 26.1 Å². The van der Waals surface area contributed by atoms with E-state index >= 15 is 0 Å². The number of carbonyl (C=O) groups excluding carboxylic acids is 4. The minimum absolute atomic E-state index is 0.363. The first kappa shape index (κ1) is 30.4. The van der Waals surface area contributed by atoms with Crippen molar-refractivity contribution in [3.63, 3.8) is 0 Å². The zero-order chi connectivity index (χ0) is 27.4. The summed E-state index contributed by atoms with van der Waals surface area (Å²) in [6, 6.07) is -1.46. The molecule has 1 rings (SSSR count). The van der Waals surface area contributed by atoms with Gasteiger partial charge in [-0.05, 0) is 37.5 Å². The summed E-state index contributed by atoms with van der Waals surface area (Å²) in [5, 5.41) is 3.32. The van der Waals surface area contributed by atoms with E-state index < -0.39 is 73.3 Å². The number of nitrogens with zero attached hydrogens (tertiary/aromatic N) is 3. The van der Waals surface area contributed by atoms with Crippen molar-refractivity contribution in [3.8, 4) is 0 Å². The molecule has 198 valence electrons. The highest BCUT2D eigenvalue weighted by Gasteiger charge is 2.65. The van der Waals surface area contributed by atoms with Crippen molar-refractivity contribution in [2.75, 3.05) is 0 Å². The summed E-state index contributed by atoms with van der Waals surface area (Å²) in [6.07, 6.45) is -5.08. The van der Waals surface area contributed by atoms with Gasteiger partial charge >= 0.3 is 23.9 Å². The summed E-state index contributed by atoms with van der Waals surface area (Å²) < 4.78 is 28.5. The monoisotopic (exact) mass is 515 g/mol. The van der Waals surface area contributed by atoms with Crippen LogP contribution in [0.1, 0.15) is 61.8 Å². The summed E-state index contributed by atoms with van der Waals surface area (Å²) in [6.45, 7) is 16.3. The summed E-state index contributed by atoms with van der Waals surface area (Å²) in [4.78, 5) is 52.6. The van der Waals surface area contributed by atoms with Crippen LogP contribution in [-0.4, -0.2) is 68.3 Å². The Bertz CT molecular complexity index is 880. The first-order valence-electron chi connectivity index (χ1n) is 11.3. The van der Waals surface area contributed by atoms with E-state index in [1.54, 1.807) is 13.8 Å². The summed E-state index contributed by atoms with van der Waals surface area (Å²) >= 11 is 0. The second-order valence-electron chi connectivity index (χ2n) is 10.4. The third-order valence-electron chi connectivity index (χ3n) is 6.01. The maximum atomic E-state index is 13.7. The molecule has 35 heavy (non-hydrogen) atoms. The van der Waals surface area contributed by atoms with Gasteiger partial charge in [-0.1, -0.05) is 25.9 Å². The molecule has 0 bridgehead atoms. The van der Waals surface area contributed by atoms with Crippen LogP contribution in [0.15, 0.2) is 5.11 Å². The predicted octanol–water partition coefficient (Wildman–Crippen LogP) is 3.58. The fourth-order valence-electron chi connectivity index (χ4n) is 3.65. The predicted molar refractivity (Wildman–Crippen MR) is 126 cm³/mol. The number of carbonyl (C=O) groups is 4. The van der Waals surface area contributed by atoms with Crippen LogP contribution < -0.4 is 0 Å². The van der Waals surface area contributed by atoms with E-state index in [1.165, 1.54) is 0 Å². The van der Waals surface area contributed by atoms with Crippen LogP contribution in [-0.2, 0) is 42.6 Å². The molecular formula is C22H37N3O9Si. The largest absolute Gasteiger partial charge is 0.461 e. The van der Waals surface area contributed by atoms with E-state index in [1.807, 2.05) is 33.9 Å². The molecule has 0 spiro atoms. The molecule has 1 aliphatic rings. The number of azide groups is 1. The standard InChI is InChI=1S/C22H37N3O9Si/c1-12(2)30-20(29)22(34-35(9,10)21(6,7)8)11-16(31-13(3)26)18(32-14(4)27)17(24-25-23)19(22)33-15(5)28/h12,16-19H,11H2,1-10H3/t16-,17-,18+,19+,22-/m1/s1. The van der Waals surface area contributed by atoms with Gasteiger partial charge in [0.05, 0.1) is 6.10 Å². The Labute approximate surface area is 206 Å². The SMILES string of the molecule is CC(=O)O[C@@H]1[C@@H](N=[N+]=[N-])[C@H](OC(C)=O)[C@@](O[Si](C)(C)C(C)(C)C)(C(=O)OC(C)C)C[C@H]1OC(C)=O. The van der Waals surface area contributed by atoms with Crippen molar-refractivity contribution < 1.29 is 42.6 Å². The molecule has 1 saturated carbocycles. The molecule has 5 atom stereocenters. The van der Waals surface area contributed by atoms with Crippen LogP contribution in [0.4, 0.5) is 0 Å². The lowest BCUT2D eigenvalue weighted by Gasteiger charge is -2.52. The Morgan fingerprint density at radius 2 is 1.51 bits per heavy atom. The van der Waals surface area contributed by atoms with Gasteiger partial charge in [-0.25, -0.2) is 4.79 Å². The van der Waals surface area contributed by atoms with Crippen molar-refractivity contribution >= 4 is 32.2 Å². The maximum Gasteiger partial charge on any atom is 0.341 e. The molecule has 1 fully saturated rings. The van der Waals surface area contributed by atoms with E-state index in [0.717, 1.165) is 20.8 Å². The van der Waals surface area contributed by atoms with Crippen molar-refractivity contribution in [2.45, 2.75) is 116 Å². The summed E-state index contributed by atoms with van der Waals surface area (Å²) in [5.41, 5.74) is 7.31. The molecule has 0 radical (unpaired) electrons. The van der Waals surface area contributed by atoms with Crippen molar-refractivity contribution in [1.82, 2.24) is 0 Å². The Morgan fingerprint density at radius 1 is 1.00 bits per heavy atom. The number of hydrogen-bond acceptors (Lipinski definition) is 10. The van der Waals surface area contributed by atoms with Gasteiger partial charge in [0, 0.05) is 32.1 Å². The van der Waals surface area contributed by atoms with Gasteiger partial charge in [0.1, 0.15) is 12.1 Å². The summed E-state index contributed by atoms with van der Waals surface area (Å²) in [7, 11) is -2.82. The smallest absolute Gasteiger partial charge is 0.341 e. The second-order valence-corrected chi connectivity index (χ2v) is 15.1. The maximum absolute atomic E-state index is 13.7. The van der Waals surface area contributed by atoms with Crippen LogP contribution in [0.3, 0.4) is 0 Å². The minimum atomic E-state index is -2.82. The number of rotatable bonds is 8. The third kappa shape index (κ3) is 7.42. The molecule has 0 amide bonds. The van der Waals surface area contributed by atoms with Gasteiger partial charge in [-0.2, -0.15) is 0 Å². The Balaban J connectivity index is 3.98. The molecule has 13 heteroatoms. The fourth-order valence-corrected chi connectivity index (χ4v) is 5.15. The molecule has 0 saturated heterocycles. The lowest BCUT2D eigenvalue weighted by Crippen LogP contribution is -2.71. The van der Waals surface area contributed by atoms with Crippen molar-refractivity contribution in [3.05, 3.63) is 10.4 Å². The highest BCUT2D eigenvalue weighted by Crippen LogP contribution is 2.46. The zero-order valence-electron chi connectivity index (χ0n) is 22.1. The molecule has 0 unspecified atom stereocenters. The normalized spacial score (nSPS) is 26.8. The minimum Gasteiger partial charge on any atom is -0.461 e. The van der Waals surface area contributed by atoms with Crippen molar-refractivity contribution in [2.24, 2.45) is 5.11 Å². The Kier molecular flexibility index (Phi) is 9.90. The molecule has 0 aromatic carbocycles. The molecule has 0 N–H and O–H groups in total. The van der Waals surface area contributed by atoms with Gasteiger partial charge in [0.25, 0.3) is 0 Å². The fraction of sp³-hybridized carbons (Fsp3) is 0.818. The first-order chi connectivity index (χ1) is 15.9. The van der Waals surface area contributed by atoms with E-state index in [0.29, 0.717) is 0 Å². The Morgan fingerprint density at radius 3 is 1.91 bits per heavy atom. The van der Waals surface area contributed by atoms with Gasteiger partial charge < -0.3 is 23.4 Å². The lowest BCUT2D eigenvalue weighted by atomic mass is 9.75. The number of esters is 4. The highest BCUT2D eigenvalue weighted by molar-refractivity contribution is 6.74. The van der Waals surface area contributed by atoms with Gasteiger partial charge in [-0.3, -0.25) is 14.4 Å². The highest BCUT2D eigenvalue weighted by atomic mass is 28.4. The molecule has 0 heterocycles. The molecule has 0 aromatic rings. The number of hydrogen-bond donors (Lipinski definition) is 0. The van der Waals surface area contributed by atoms with E-state index in [-0.39, 0.29) is 6.42 Å². The molecule has 1 aliphatic carbocycles. The molecule has 0 aromatic heterocycles. The molecule has 12 nitrogen and oxygen atoms in total. The van der Waals surface area contributed by atoms with Gasteiger partial charge in [0.2, 0.25) is 0 Å². The first-order valence-corrected chi connectivity index (χ1v) is 14.3. The number of ether oxygens (including phenoxy) is 4. The van der Waals surface area contributed by atoms with Crippen LogP contribution >= 0.6 is 0 Å². The average Bonchev–Trinajstić information content (AvgIpc) is 2.64. The Hall–Kier alpha value is -2.63. The van der Waals surface area contributed by atoms with Crippen molar-refractivity contribution in [1.29, 1.82) is 0 Å².